The lowest BCUT2D eigenvalue weighted by atomic mass is 10.0. The maximum absolute atomic E-state index is 12.0. The lowest BCUT2D eigenvalue weighted by Crippen LogP contribution is -2.46. The van der Waals surface area contributed by atoms with Crippen molar-refractivity contribution in [3.63, 3.8) is 0 Å². The van der Waals surface area contributed by atoms with Crippen LogP contribution in [0.5, 0.6) is 0 Å². The summed E-state index contributed by atoms with van der Waals surface area (Å²) in [5.74, 6) is 0.429. The van der Waals surface area contributed by atoms with Gasteiger partial charge >= 0.3 is 0 Å². The summed E-state index contributed by atoms with van der Waals surface area (Å²) in [7, 11) is 1.71. The van der Waals surface area contributed by atoms with Gasteiger partial charge in [0.15, 0.2) is 0 Å². The highest BCUT2D eigenvalue weighted by Crippen LogP contribution is 2.18. The first-order valence-corrected chi connectivity index (χ1v) is 6.07. The molecule has 0 aliphatic carbocycles. The van der Waals surface area contributed by atoms with Gasteiger partial charge in [0.05, 0.1) is 11.4 Å². The quantitative estimate of drug-likeness (QED) is 0.747. The number of methoxy groups -OCH3 is 1. The van der Waals surface area contributed by atoms with Gasteiger partial charge in [-0.25, -0.2) is 0 Å². The minimum atomic E-state index is -0.180. The number of hydrogen-bond acceptors (Lipinski definition) is 3. The van der Waals surface area contributed by atoms with E-state index in [-0.39, 0.29) is 23.2 Å². The van der Waals surface area contributed by atoms with Crippen LogP contribution in [0, 0.1) is 5.92 Å². The largest absolute Gasteiger partial charge is 0.380 e. The van der Waals surface area contributed by atoms with Crippen LogP contribution < -0.4 is 0 Å². The number of carbonyl (C=O) groups is 1. The number of ether oxygens (including phenoxy) is 1. The minimum Gasteiger partial charge on any atom is -0.380 e. The predicted molar refractivity (Wildman–Crippen MR) is 64.2 cm³/mol. The number of likely N-dealkylation sites (tertiary alicyclic amines) is 1. The van der Waals surface area contributed by atoms with Crippen molar-refractivity contribution in [2.45, 2.75) is 38.0 Å². The third-order valence-corrected chi connectivity index (χ3v) is 3.72. The van der Waals surface area contributed by atoms with E-state index < -0.39 is 0 Å². The Hall–Kier alpha value is -0.220. The average molecular weight is 231 g/mol. The third-order valence-electron chi connectivity index (χ3n) is 2.91. The fourth-order valence-corrected chi connectivity index (χ4v) is 1.97. The van der Waals surface area contributed by atoms with Crippen LogP contribution in [0.2, 0.25) is 0 Å². The maximum atomic E-state index is 12.0. The van der Waals surface area contributed by atoms with Gasteiger partial charge in [0.25, 0.3) is 0 Å². The molecule has 3 nitrogen and oxygen atoms in total. The van der Waals surface area contributed by atoms with Crippen LogP contribution in [0.3, 0.4) is 0 Å². The SMILES string of the molecule is COC1CCCN(C(=O)C(S)C(C)C)C1. The first-order valence-electron chi connectivity index (χ1n) is 5.56. The van der Waals surface area contributed by atoms with E-state index in [2.05, 4.69) is 12.6 Å². The highest BCUT2D eigenvalue weighted by molar-refractivity contribution is 7.81. The van der Waals surface area contributed by atoms with E-state index in [0.717, 1.165) is 25.9 Å². The van der Waals surface area contributed by atoms with Gasteiger partial charge in [-0.1, -0.05) is 13.8 Å². The Kier molecular flexibility index (Phi) is 4.93. The molecule has 0 spiro atoms. The van der Waals surface area contributed by atoms with Crippen LogP contribution in [0.25, 0.3) is 0 Å². The molecule has 1 amide bonds. The molecule has 1 aliphatic rings. The van der Waals surface area contributed by atoms with Crippen LogP contribution in [-0.2, 0) is 9.53 Å². The molecule has 15 heavy (non-hydrogen) atoms. The molecule has 1 aliphatic heterocycles. The Bertz CT molecular complexity index is 221. The van der Waals surface area contributed by atoms with Gasteiger partial charge in [-0.05, 0) is 18.8 Å². The van der Waals surface area contributed by atoms with Crippen molar-refractivity contribution in [2.24, 2.45) is 5.92 Å². The molecule has 0 radical (unpaired) electrons. The molecule has 2 unspecified atom stereocenters. The number of thiol groups is 1. The minimum absolute atomic E-state index is 0.148. The molecular formula is C11H21NO2S. The standard InChI is InChI=1S/C11H21NO2S/c1-8(2)10(15)11(13)12-6-4-5-9(7-12)14-3/h8-10,15H,4-7H2,1-3H3. The molecule has 0 aromatic carbocycles. The van der Waals surface area contributed by atoms with Crippen molar-refractivity contribution >= 4 is 18.5 Å². The first-order chi connectivity index (χ1) is 7.06. The third kappa shape index (κ3) is 3.38. The Labute approximate surface area is 97.6 Å². The van der Waals surface area contributed by atoms with Crippen LogP contribution in [-0.4, -0.2) is 42.4 Å². The summed E-state index contributed by atoms with van der Waals surface area (Å²) < 4.78 is 5.29. The average Bonchev–Trinajstić information content (AvgIpc) is 2.27. The summed E-state index contributed by atoms with van der Waals surface area (Å²) in [4.78, 5) is 13.9. The lowest BCUT2D eigenvalue weighted by Gasteiger charge is -2.34. The normalized spacial score (nSPS) is 24.3. The monoisotopic (exact) mass is 231 g/mol. The van der Waals surface area contributed by atoms with Gasteiger partial charge in [0, 0.05) is 20.2 Å². The summed E-state index contributed by atoms with van der Waals surface area (Å²) in [6.45, 7) is 5.61. The van der Waals surface area contributed by atoms with Crippen molar-refractivity contribution in [3.8, 4) is 0 Å². The summed E-state index contributed by atoms with van der Waals surface area (Å²) in [5, 5.41) is -0.180. The Balaban J connectivity index is 2.52. The number of rotatable bonds is 3. The van der Waals surface area contributed by atoms with Crippen molar-refractivity contribution in [1.82, 2.24) is 4.90 Å². The van der Waals surface area contributed by atoms with E-state index in [9.17, 15) is 4.79 Å². The van der Waals surface area contributed by atoms with Gasteiger partial charge in [0.1, 0.15) is 0 Å². The van der Waals surface area contributed by atoms with Gasteiger partial charge < -0.3 is 9.64 Å². The molecule has 1 heterocycles. The van der Waals surface area contributed by atoms with Crippen molar-refractivity contribution in [1.29, 1.82) is 0 Å². The molecule has 2 atom stereocenters. The second kappa shape index (κ2) is 5.75. The number of nitrogens with zero attached hydrogens (tertiary/aromatic N) is 1. The van der Waals surface area contributed by atoms with Crippen molar-refractivity contribution < 1.29 is 9.53 Å². The van der Waals surface area contributed by atoms with E-state index in [1.54, 1.807) is 7.11 Å². The van der Waals surface area contributed by atoms with Crippen LogP contribution in [0.1, 0.15) is 26.7 Å². The second-order valence-electron chi connectivity index (χ2n) is 4.47. The van der Waals surface area contributed by atoms with Gasteiger partial charge in [-0.2, -0.15) is 12.6 Å². The van der Waals surface area contributed by atoms with Crippen LogP contribution in [0.4, 0.5) is 0 Å². The van der Waals surface area contributed by atoms with Crippen LogP contribution >= 0.6 is 12.6 Å². The van der Waals surface area contributed by atoms with Gasteiger partial charge in [0.2, 0.25) is 5.91 Å². The summed E-state index contributed by atoms with van der Waals surface area (Å²) in [6, 6.07) is 0. The number of amides is 1. The Morgan fingerprint density at radius 2 is 2.20 bits per heavy atom. The highest BCUT2D eigenvalue weighted by Gasteiger charge is 2.28. The molecule has 4 heteroatoms. The second-order valence-corrected chi connectivity index (χ2v) is 5.03. The molecular weight excluding hydrogens is 210 g/mol. The first kappa shape index (κ1) is 12.8. The Morgan fingerprint density at radius 1 is 1.53 bits per heavy atom. The van der Waals surface area contributed by atoms with E-state index in [1.807, 2.05) is 18.7 Å². The van der Waals surface area contributed by atoms with Crippen molar-refractivity contribution in [2.75, 3.05) is 20.2 Å². The number of carbonyl (C=O) groups excluding carboxylic acids is 1. The molecule has 1 saturated heterocycles. The smallest absolute Gasteiger partial charge is 0.235 e. The molecule has 0 N–H and O–H groups in total. The molecule has 0 aromatic rings. The molecule has 0 bridgehead atoms. The Morgan fingerprint density at radius 3 is 2.73 bits per heavy atom. The number of piperidine rings is 1. The van der Waals surface area contributed by atoms with Gasteiger partial charge in [-0.3, -0.25) is 4.79 Å². The fraction of sp³-hybridized carbons (Fsp3) is 0.909. The molecule has 1 rings (SSSR count). The van der Waals surface area contributed by atoms with E-state index in [1.165, 1.54) is 0 Å². The topological polar surface area (TPSA) is 29.5 Å². The van der Waals surface area contributed by atoms with E-state index in [0.29, 0.717) is 0 Å². The summed E-state index contributed by atoms with van der Waals surface area (Å²) >= 11 is 4.36. The summed E-state index contributed by atoms with van der Waals surface area (Å²) in [6.07, 6.45) is 2.29. The number of hydrogen-bond donors (Lipinski definition) is 1. The van der Waals surface area contributed by atoms with E-state index >= 15 is 0 Å². The molecule has 88 valence electrons. The summed E-state index contributed by atoms with van der Waals surface area (Å²) in [5.41, 5.74) is 0. The van der Waals surface area contributed by atoms with Crippen molar-refractivity contribution in [3.05, 3.63) is 0 Å². The zero-order valence-corrected chi connectivity index (χ0v) is 10.7. The molecule has 0 saturated carbocycles. The van der Waals surface area contributed by atoms with E-state index in [4.69, 9.17) is 4.74 Å². The lowest BCUT2D eigenvalue weighted by molar-refractivity contribution is -0.134. The molecule has 0 aromatic heterocycles. The zero-order valence-electron chi connectivity index (χ0n) is 9.77. The van der Waals surface area contributed by atoms with Gasteiger partial charge in [-0.15, -0.1) is 0 Å². The van der Waals surface area contributed by atoms with Crippen LogP contribution in [0.15, 0.2) is 0 Å². The maximum Gasteiger partial charge on any atom is 0.235 e. The highest BCUT2D eigenvalue weighted by atomic mass is 32.1. The predicted octanol–water partition coefficient (Wildman–Crippen LogP) is 1.58. The zero-order chi connectivity index (χ0) is 11.4. The fourth-order valence-electron chi connectivity index (χ4n) is 1.80. The molecule has 1 fully saturated rings.